The molecular formula is C21H24N6O2. The number of fused-ring (bicyclic) bond motifs is 1. The minimum atomic E-state index is -0.322. The Morgan fingerprint density at radius 3 is 2.90 bits per heavy atom. The summed E-state index contributed by atoms with van der Waals surface area (Å²) in [6.45, 7) is 6.25. The van der Waals surface area contributed by atoms with Crippen LogP contribution in [-0.2, 0) is 11.3 Å². The summed E-state index contributed by atoms with van der Waals surface area (Å²) in [5, 5.41) is 11.3. The lowest BCUT2D eigenvalue weighted by Gasteiger charge is -2.28. The van der Waals surface area contributed by atoms with Crippen LogP contribution in [0.25, 0.3) is 11.2 Å². The number of rotatable bonds is 4. The first-order chi connectivity index (χ1) is 13.8. The molecule has 0 atom stereocenters. The molecule has 4 rings (SSSR count). The van der Waals surface area contributed by atoms with E-state index in [1.54, 1.807) is 28.9 Å². The SMILES string of the molecule is Cc1cc(=O)n(CC(=O)Nc2ccn3ncnc3c2)nc1C1=CCC(C)(C)CC1. The van der Waals surface area contributed by atoms with Crippen LogP contribution in [0.2, 0.25) is 0 Å². The number of aromatic nitrogens is 5. The van der Waals surface area contributed by atoms with Crippen molar-refractivity contribution in [2.45, 2.75) is 46.6 Å². The molecule has 0 bridgehead atoms. The largest absolute Gasteiger partial charge is 0.324 e. The van der Waals surface area contributed by atoms with Gasteiger partial charge in [-0.3, -0.25) is 9.59 Å². The van der Waals surface area contributed by atoms with Gasteiger partial charge in [0.2, 0.25) is 5.91 Å². The molecule has 1 aliphatic carbocycles. The number of amides is 1. The summed E-state index contributed by atoms with van der Waals surface area (Å²) in [6.07, 6.45) is 8.34. The lowest BCUT2D eigenvalue weighted by molar-refractivity contribution is -0.117. The van der Waals surface area contributed by atoms with E-state index in [2.05, 4.69) is 40.4 Å². The van der Waals surface area contributed by atoms with Crippen LogP contribution in [0.1, 0.15) is 44.4 Å². The third-order valence-electron chi connectivity index (χ3n) is 5.32. The second kappa shape index (κ2) is 7.27. The number of nitrogens with zero attached hydrogens (tertiary/aromatic N) is 5. The van der Waals surface area contributed by atoms with E-state index >= 15 is 0 Å². The van der Waals surface area contributed by atoms with Crippen LogP contribution in [0.4, 0.5) is 5.69 Å². The zero-order chi connectivity index (χ0) is 20.6. The number of anilines is 1. The predicted molar refractivity (Wildman–Crippen MR) is 110 cm³/mol. The number of pyridine rings is 1. The Labute approximate surface area is 168 Å². The Morgan fingerprint density at radius 2 is 2.14 bits per heavy atom. The van der Waals surface area contributed by atoms with E-state index in [4.69, 9.17) is 0 Å². The zero-order valence-electron chi connectivity index (χ0n) is 16.8. The molecule has 150 valence electrons. The van der Waals surface area contributed by atoms with Crippen LogP contribution >= 0.6 is 0 Å². The van der Waals surface area contributed by atoms with Crippen molar-refractivity contribution in [3.8, 4) is 0 Å². The fraction of sp³-hybridized carbons (Fsp3) is 0.381. The minimum Gasteiger partial charge on any atom is -0.324 e. The minimum absolute atomic E-state index is 0.150. The smallest absolute Gasteiger partial charge is 0.267 e. The molecular weight excluding hydrogens is 368 g/mol. The average Bonchev–Trinajstić information content (AvgIpc) is 3.12. The van der Waals surface area contributed by atoms with Crippen molar-refractivity contribution in [2.75, 3.05) is 5.32 Å². The molecule has 0 aliphatic heterocycles. The van der Waals surface area contributed by atoms with Gasteiger partial charge in [-0.15, -0.1) is 0 Å². The molecule has 1 aliphatic rings. The first-order valence-electron chi connectivity index (χ1n) is 9.68. The summed E-state index contributed by atoms with van der Waals surface area (Å²) in [6, 6.07) is 5.00. The Balaban J connectivity index is 1.54. The van der Waals surface area contributed by atoms with Crippen molar-refractivity contribution in [1.82, 2.24) is 24.4 Å². The Morgan fingerprint density at radius 1 is 1.31 bits per heavy atom. The highest BCUT2D eigenvalue weighted by molar-refractivity contribution is 5.90. The molecule has 0 saturated carbocycles. The number of carbonyl (C=O) groups is 1. The fourth-order valence-electron chi connectivity index (χ4n) is 3.53. The van der Waals surface area contributed by atoms with Crippen LogP contribution in [0.15, 0.2) is 41.6 Å². The molecule has 3 aromatic rings. The zero-order valence-corrected chi connectivity index (χ0v) is 16.8. The van der Waals surface area contributed by atoms with Crippen LogP contribution in [-0.4, -0.2) is 30.3 Å². The molecule has 8 nitrogen and oxygen atoms in total. The second-order valence-corrected chi connectivity index (χ2v) is 8.30. The maximum atomic E-state index is 12.5. The molecule has 0 unspecified atom stereocenters. The first kappa shape index (κ1) is 19.0. The summed E-state index contributed by atoms with van der Waals surface area (Å²) >= 11 is 0. The summed E-state index contributed by atoms with van der Waals surface area (Å²) in [7, 11) is 0. The van der Waals surface area contributed by atoms with Crippen LogP contribution in [0.5, 0.6) is 0 Å². The van der Waals surface area contributed by atoms with Gasteiger partial charge in [-0.25, -0.2) is 14.2 Å². The van der Waals surface area contributed by atoms with Crippen molar-refractivity contribution < 1.29 is 4.79 Å². The maximum absolute atomic E-state index is 12.5. The van der Waals surface area contributed by atoms with Crippen LogP contribution in [0.3, 0.4) is 0 Å². The van der Waals surface area contributed by atoms with E-state index in [1.807, 2.05) is 6.92 Å². The van der Waals surface area contributed by atoms with Gasteiger partial charge >= 0.3 is 0 Å². The fourth-order valence-corrected chi connectivity index (χ4v) is 3.53. The number of aryl methyl sites for hydroxylation is 1. The van der Waals surface area contributed by atoms with Gasteiger partial charge in [-0.1, -0.05) is 19.9 Å². The average molecular weight is 392 g/mol. The first-order valence-corrected chi connectivity index (χ1v) is 9.68. The number of hydrogen-bond acceptors (Lipinski definition) is 5. The number of carbonyl (C=O) groups excluding carboxylic acids is 1. The maximum Gasteiger partial charge on any atom is 0.267 e. The van der Waals surface area contributed by atoms with Crippen molar-refractivity contribution in [1.29, 1.82) is 0 Å². The Bertz CT molecular complexity index is 1170. The summed E-state index contributed by atoms with van der Waals surface area (Å²) in [5.74, 6) is -0.322. The highest BCUT2D eigenvalue weighted by Gasteiger charge is 2.23. The molecule has 0 saturated heterocycles. The van der Waals surface area contributed by atoms with E-state index in [0.29, 0.717) is 11.3 Å². The van der Waals surface area contributed by atoms with E-state index in [0.717, 1.165) is 36.1 Å². The van der Waals surface area contributed by atoms with Crippen LogP contribution in [0, 0.1) is 12.3 Å². The van der Waals surface area contributed by atoms with E-state index in [-0.39, 0.29) is 23.4 Å². The highest BCUT2D eigenvalue weighted by atomic mass is 16.2. The number of nitrogens with one attached hydrogen (secondary N) is 1. The van der Waals surface area contributed by atoms with Gasteiger partial charge in [-0.2, -0.15) is 10.2 Å². The van der Waals surface area contributed by atoms with Gasteiger partial charge in [-0.05, 0) is 48.8 Å². The van der Waals surface area contributed by atoms with Crippen molar-refractivity contribution in [2.24, 2.45) is 5.41 Å². The normalized spacial score (nSPS) is 15.9. The van der Waals surface area contributed by atoms with Gasteiger partial charge in [0.1, 0.15) is 12.9 Å². The second-order valence-electron chi connectivity index (χ2n) is 8.30. The summed E-state index contributed by atoms with van der Waals surface area (Å²) < 4.78 is 2.83. The standard InChI is InChI=1S/C21H24N6O2/c1-14-10-19(29)27(25-20(14)15-4-7-21(2,3)8-5-15)12-18(28)24-16-6-9-26-17(11-16)22-13-23-26/h4,6,9-11,13H,5,7-8,12H2,1-3H3,(H,24,28). The quantitative estimate of drug-likeness (QED) is 0.737. The molecule has 1 N–H and O–H groups in total. The molecule has 1 amide bonds. The third-order valence-corrected chi connectivity index (χ3v) is 5.32. The Hall–Kier alpha value is -3.29. The monoisotopic (exact) mass is 392 g/mol. The summed E-state index contributed by atoms with van der Waals surface area (Å²) in [5.41, 5.74) is 4.01. The van der Waals surface area contributed by atoms with Gasteiger partial charge in [0.25, 0.3) is 5.56 Å². The van der Waals surface area contributed by atoms with Crippen molar-refractivity contribution >= 4 is 22.8 Å². The molecule has 3 aromatic heterocycles. The van der Waals surface area contributed by atoms with Crippen molar-refractivity contribution in [3.63, 3.8) is 0 Å². The molecule has 0 spiro atoms. The van der Waals surface area contributed by atoms with Gasteiger partial charge in [0, 0.05) is 24.0 Å². The molecule has 0 aromatic carbocycles. The molecule has 8 heteroatoms. The summed E-state index contributed by atoms with van der Waals surface area (Å²) in [4.78, 5) is 29.0. The third kappa shape index (κ3) is 4.11. The molecule has 0 radical (unpaired) electrons. The lowest BCUT2D eigenvalue weighted by Crippen LogP contribution is -2.30. The van der Waals surface area contributed by atoms with Crippen LogP contribution < -0.4 is 10.9 Å². The van der Waals surface area contributed by atoms with Gasteiger partial charge in [0.15, 0.2) is 5.65 Å². The van der Waals surface area contributed by atoms with Gasteiger partial charge in [0.05, 0.1) is 5.69 Å². The topological polar surface area (TPSA) is 94.2 Å². The predicted octanol–water partition coefficient (Wildman–Crippen LogP) is 2.83. The lowest BCUT2D eigenvalue weighted by atomic mass is 9.77. The Kier molecular flexibility index (Phi) is 4.77. The van der Waals surface area contributed by atoms with Crippen molar-refractivity contribution in [3.05, 3.63) is 58.4 Å². The number of hydrogen-bond donors (Lipinski definition) is 1. The molecule has 0 fully saturated rings. The highest BCUT2D eigenvalue weighted by Crippen LogP contribution is 2.37. The number of allylic oxidation sites excluding steroid dienone is 2. The van der Waals surface area contributed by atoms with Gasteiger partial charge < -0.3 is 5.32 Å². The molecule has 3 heterocycles. The van der Waals surface area contributed by atoms with E-state index in [1.165, 1.54) is 11.0 Å². The molecule has 29 heavy (non-hydrogen) atoms. The van der Waals surface area contributed by atoms with E-state index in [9.17, 15) is 9.59 Å². The van der Waals surface area contributed by atoms with E-state index < -0.39 is 0 Å².